The van der Waals surface area contributed by atoms with Crippen LogP contribution in [0, 0.1) is 0 Å². The second-order valence-corrected chi connectivity index (χ2v) is 11.3. The fourth-order valence-corrected chi connectivity index (χ4v) is 6.31. The summed E-state index contributed by atoms with van der Waals surface area (Å²) < 4.78 is 68.2. The number of H-pyrrole nitrogens is 1. The number of benzene rings is 3. The van der Waals surface area contributed by atoms with Gasteiger partial charge >= 0.3 is 6.18 Å². The Morgan fingerprint density at radius 2 is 1.66 bits per heavy atom. The zero-order chi connectivity index (χ0) is 26.8. The van der Waals surface area contributed by atoms with Crippen molar-refractivity contribution in [3.05, 3.63) is 114 Å². The fourth-order valence-electron chi connectivity index (χ4n) is 4.85. The average Bonchev–Trinajstić information content (AvgIpc) is 3.37. The van der Waals surface area contributed by atoms with Crippen LogP contribution in [0.2, 0.25) is 0 Å². The van der Waals surface area contributed by atoms with Crippen LogP contribution in [-0.2, 0) is 35.7 Å². The van der Waals surface area contributed by atoms with Crippen molar-refractivity contribution in [1.29, 1.82) is 0 Å². The van der Waals surface area contributed by atoms with Gasteiger partial charge in [0, 0.05) is 31.0 Å². The van der Waals surface area contributed by atoms with Crippen molar-refractivity contribution < 1.29 is 21.6 Å². The summed E-state index contributed by atoms with van der Waals surface area (Å²) in [5.41, 5.74) is 2.89. The molecule has 1 unspecified atom stereocenters. The maximum atomic E-state index is 13.8. The van der Waals surface area contributed by atoms with Crippen LogP contribution in [0.15, 0.2) is 96.3 Å². The molecule has 0 bridgehead atoms. The van der Waals surface area contributed by atoms with Gasteiger partial charge in [-0.25, -0.2) is 13.4 Å². The molecule has 1 aliphatic rings. The lowest BCUT2D eigenvalue weighted by Crippen LogP contribution is -2.43. The molecule has 3 aromatic carbocycles. The van der Waals surface area contributed by atoms with E-state index < -0.39 is 21.8 Å². The lowest BCUT2D eigenvalue weighted by Gasteiger charge is -2.34. The standard InChI is InChI=1S/C28H27F3N4O2S/c29-28(30,31)23-11-14-26(15-12-23)38(36,37)34-17-22-8-4-5-9-27(22)35(18-24-16-32-20-33-24)25(19-34)13-10-21-6-2-1-3-7-21/h1-9,11-12,14-16,20,25H,10,13,17-19H2,(H,32,33). The molecule has 0 amide bonds. The average molecular weight is 541 g/mol. The van der Waals surface area contributed by atoms with E-state index >= 15 is 0 Å². The summed E-state index contributed by atoms with van der Waals surface area (Å²) in [5, 5.41) is 0. The van der Waals surface area contributed by atoms with Crippen LogP contribution in [0.25, 0.3) is 0 Å². The maximum Gasteiger partial charge on any atom is 0.416 e. The molecule has 0 aliphatic carbocycles. The number of alkyl halides is 3. The molecule has 2 heterocycles. The first-order valence-corrected chi connectivity index (χ1v) is 13.7. The topological polar surface area (TPSA) is 69.3 Å². The van der Waals surface area contributed by atoms with E-state index in [1.54, 1.807) is 12.5 Å². The SMILES string of the molecule is O=S(=O)(c1ccc(C(F)(F)F)cc1)N1Cc2ccccc2N(Cc2cnc[nH]2)C(CCc2ccccc2)C1. The van der Waals surface area contributed by atoms with Crippen LogP contribution in [0.4, 0.5) is 18.9 Å². The zero-order valence-corrected chi connectivity index (χ0v) is 21.3. The molecule has 6 nitrogen and oxygen atoms in total. The molecule has 0 spiro atoms. The Balaban J connectivity index is 1.52. The molecule has 10 heteroatoms. The van der Waals surface area contributed by atoms with Gasteiger partial charge in [-0.05, 0) is 54.3 Å². The number of halogens is 3. The normalized spacial score (nSPS) is 16.7. The number of hydrogen-bond acceptors (Lipinski definition) is 4. The second-order valence-electron chi connectivity index (χ2n) is 9.33. The Morgan fingerprint density at radius 3 is 2.34 bits per heavy atom. The predicted octanol–water partition coefficient (Wildman–Crippen LogP) is 5.64. The summed E-state index contributed by atoms with van der Waals surface area (Å²) in [6, 6.07) is 21.1. The molecule has 1 N–H and O–H groups in total. The number of aryl methyl sites for hydroxylation is 1. The largest absolute Gasteiger partial charge is 0.416 e. The van der Waals surface area contributed by atoms with Crippen molar-refractivity contribution in [3.8, 4) is 0 Å². The first kappa shape index (κ1) is 26.0. The smallest absolute Gasteiger partial charge is 0.361 e. The van der Waals surface area contributed by atoms with Gasteiger partial charge in [-0.3, -0.25) is 0 Å². The first-order valence-electron chi connectivity index (χ1n) is 12.2. The molecule has 0 fully saturated rings. The van der Waals surface area contributed by atoms with E-state index in [1.807, 2.05) is 54.6 Å². The fraction of sp³-hybridized carbons (Fsp3) is 0.250. The molecule has 198 valence electrons. The quantitative estimate of drug-likeness (QED) is 0.329. The van der Waals surface area contributed by atoms with Crippen LogP contribution in [0.5, 0.6) is 0 Å². The Hall–Kier alpha value is -3.63. The van der Waals surface area contributed by atoms with Crippen LogP contribution in [0.1, 0.15) is 28.8 Å². The monoisotopic (exact) mass is 540 g/mol. The van der Waals surface area contributed by atoms with Gasteiger partial charge in [-0.2, -0.15) is 17.5 Å². The number of anilines is 1. The van der Waals surface area contributed by atoms with E-state index in [9.17, 15) is 21.6 Å². The van der Waals surface area contributed by atoms with Crippen LogP contribution in [-0.4, -0.2) is 35.3 Å². The predicted molar refractivity (Wildman–Crippen MR) is 139 cm³/mol. The molecule has 1 atom stereocenters. The van der Waals surface area contributed by atoms with Crippen molar-refractivity contribution in [2.24, 2.45) is 0 Å². The number of aromatic amines is 1. The molecular weight excluding hydrogens is 513 g/mol. The summed E-state index contributed by atoms with van der Waals surface area (Å²) in [7, 11) is -4.07. The minimum Gasteiger partial charge on any atom is -0.361 e. The molecular formula is C28H27F3N4O2S. The number of imidazole rings is 1. The summed E-state index contributed by atoms with van der Waals surface area (Å²) in [4.78, 5) is 9.32. The van der Waals surface area contributed by atoms with Gasteiger partial charge in [-0.1, -0.05) is 48.5 Å². The van der Waals surface area contributed by atoms with Crippen LogP contribution < -0.4 is 4.90 Å². The van der Waals surface area contributed by atoms with Crippen LogP contribution in [0.3, 0.4) is 0 Å². The Labute approximate surface area is 219 Å². The van der Waals surface area contributed by atoms with Gasteiger partial charge in [0.25, 0.3) is 0 Å². The van der Waals surface area contributed by atoms with Gasteiger partial charge < -0.3 is 9.88 Å². The van der Waals surface area contributed by atoms with Gasteiger partial charge in [0.2, 0.25) is 10.0 Å². The van der Waals surface area contributed by atoms with Crippen molar-refractivity contribution in [2.75, 3.05) is 11.4 Å². The second kappa shape index (κ2) is 10.6. The minimum absolute atomic E-state index is 0.112. The van der Waals surface area contributed by atoms with E-state index in [0.717, 1.165) is 53.2 Å². The number of fused-ring (bicyclic) bond motifs is 1. The summed E-state index contributed by atoms with van der Waals surface area (Å²) in [5.74, 6) is 0. The number of nitrogens with one attached hydrogen (secondary N) is 1. The highest BCUT2D eigenvalue weighted by molar-refractivity contribution is 7.89. The lowest BCUT2D eigenvalue weighted by molar-refractivity contribution is -0.137. The minimum atomic E-state index is -4.54. The molecule has 0 radical (unpaired) electrons. The molecule has 5 rings (SSSR count). The Bertz CT molecular complexity index is 1460. The molecule has 38 heavy (non-hydrogen) atoms. The summed E-state index contributed by atoms with van der Waals surface area (Å²) >= 11 is 0. The number of para-hydroxylation sites is 1. The Morgan fingerprint density at radius 1 is 0.947 bits per heavy atom. The highest BCUT2D eigenvalue weighted by atomic mass is 32.2. The number of sulfonamides is 1. The van der Waals surface area contributed by atoms with Crippen molar-refractivity contribution in [1.82, 2.24) is 14.3 Å². The van der Waals surface area contributed by atoms with E-state index in [1.165, 1.54) is 4.31 Å². The molecule has 1 aliphatic heterocycles. The first-order chi connectivity index (χ1) is 18.2. The van der Waals surface area contributed by atoms with Crippen molar-refractivity contribution in [3.63, 3.8) is 0 Å². The van der Waals surface area contributed by atoms with Crippen molar-refractivity contribution in [2.45, 2.75) is 43.0 Å². The molecule has 0 saturated carbocycles. The molecule has 1 aromatic heterocycles. The van der Waals surface area contributed by atoms with E-state index in [0.29, 0.717) is 13.0 Å². The Kier molecular flexibility index (Phi) is 7.27. The van der Waals surface area contributed by atoms with E-state index in [2.05, 4.69) is 14.9 Å². The van der Waals surface area contributed by atoms with Gasteiger partial charge in [0.15, 0.2) is 0 Å². The third kappa shape index (κ3) is 5.61. The zero-order valence-electron chi connectivity index (χ0n) is 20.5. The third-order valence-corrected chi connectivity index (χ3v) is 8.65. The third-order valence-electron chi connectivity index (χ3n) is 6.83. The highest BCUT2D eigenvalue weighted by Gasteiger charge is 2.36. The van der Waals surface area contributed by atoms with Crippen molar-refractivity contribution >= 4 is 15.7 Å². The van der Waals surface area contributed by atoms with Gasteiger partial charge in [-0.15, -0.1) is 0 Å². The van der Waals surface area contributed by atoms with E-state index in [4.69, 9.17) is 0 Å². The highest BCUT2D eigenvalue weighted by Crippen LogP contribution is 2.34. The maximum absolute atomic E-state index is 13.8. The number of hydrogen-bond donors (Lipinski definition) is 1. The molecule has 0 saturated heterocycles. The molecule has 4 aromatic rings. The van der Waals surface area contributed by atoms with E-state index in [-0.39, 0.29) is 24.0 Å². The van der Waals surface area contributed by atoms with Crippen LogP contribution >= 0.6 is 0 Å². The number of nitrogens with zero attached hydrogens (tertiary/aromatic N) is 3. The van der Waals surface area contributed by atoms with Gasteiger partial charge in [0.05, 0.1) is 29.0 Å². The summed E-state index contributed by atoms with van der Waals surface area (Å²) in [6.07, 6.45) is 0.226. The number of rotatable bonds is 7. The number of aromatic nitrogens is 2. The summed E-state index contributed by atoms with van der Waals surface area (Å²) in [6.45, 7) is 0.796. The van der Waals surface area contributed by atoms with Gasteiger partial charge in [0.1, 0.15) is 0 Å². The lowest BCUT2D eigenvalue weighted by atomic mass is 10.0.